The third-order valence-corrected chi connectivity index (χ3v) is 13.1. The van der Waals surface area contributed by atoms with Crippen LogP contribution in [-0.4, -0.2) is 0 Å². The van der Waals surface area contributed by atoms with Gasteiger partial charge in [0.05, 0.1) is 5.41 Å². The Bertz CT molecular complexity index is 3220. The van der Waals surface area contributed by atoms with Gasteiger partial charge in [0.25, 0.3) is 0 Å². The molecule has 0 saturated heterocycles. The average Bonchev–Trinajstić information content (AvgIpc) is 3.86. The van der Waals surface area contributed by atoms with Crippen molar-refractivity contribution in [3.05, 3.63) is 234 Å². The van der Waals surface area contributed by atoms with Crippen molar-refractivity contribution in [3.8, 4) is 22.3 Å². The highest BCUT2D eigenvalue weighted by Gasteiger charge is 2.46. The molecule has 0 bridgehead atoms. The standard InChI is InChI=1S/C56H39NO/c1-55(2)49-30-27-40(33-48(49)47-31-36-15-9-10-16-37(36)32-51(47)55)57(42-26-29-46-45-22-12-14-24-53(45)58-54(46)35-42)41-25-28-44-43-21-11-13-23-50(43)56(52(44)34-41,38-17-5-3-6-18-38)39-19-7-4-8-20-39/h3-35H,1-2H3. The molecule has 1 heterocycles. The number of nitrogens with zero attached hydrogens (tertiary/aromatic N) is 1. The topological polar surface area (TPSA) is 16.4 Å². The van der Waals surface area contributed by atoms with Crippen molar-refractivity contribution in [2.75, 3.05) is 4.90 Å². The normalized spacial score (nSPS) is 14.3. The lowest BCUT2D eigenvalue weighted by atomic mass is 9.67. The van der Waals surface area contributed by atoms with Crippen LogP contribution in [0.25, 0.3) is 55.0 Å². The minimum atomic E-state index is -0.513. The monoisotopic (exact) mass is 741 g/mol. The van der Waals surface area contributed by atoms with Crippen molar-refractivity contribution >= 4 is 49.8 Å². The summed E-state index contributed by atoms with van der Waals surface area (Å²) in [6.45, 7) is 4.73. The number of benzene rings is 9. The Hall–Kier alpha value is -7.16. The molecule has 12 rings (SSSR count). The molecule has 274 valence electrons. The van der Waals surface area contributed by atoms with Crippen LogP contribution in [0, 0.1) is 0 Å². The average molecular weight is 742 g/mol. The van der Waals surface area contributed by atoms with Gasteiger partial charge in [0.2, 0.25) is 0 Å². The third kappa shape index (κ3) is 4.54. The van der Waals surface area contributed by atoms with Crippen LogP contribution in [0.4, 0.5) is 17.1 Å². The van der Waals surface area contributed by atoms with E-state index in [0.717, 1.165) is 39.0 Å². The van der Waals surface area contributed by atoms with Crippen molar-refractivity contribution in [2.24, 2.45) is 0 Å². The van der Waals surface area contributed by atoms with E-state index >= 15 is 0 Å². The summed E-state index contributed by atoms with van der Waals surface area (Å²) in [5.74, 6) is 0. The molecule has 0 unspecified atom stereocenters. The van der Waals surface area contributed by atoms with Crippen LogP contribution >= 0.6 is 0 Å². The molecule has 0 spiro atoms. The molecule has 1 aromatic heterocycles. The summed E-state index contributed by atoms with van der Waals surface area (Å²) in [5, 5.41) is 4.79. The minimum absolute atomic E-state index is 0.129. The van der Waals surface area contributed by atoms with E-state index in [-0.39, 0.29) is 5.41 Å². The number of fused-ring (bicyclic) bond motifs is 10. The Labute approximate surface area is 338 Å². The maximum atomic E-state index is 6.54. The molecule has 2 aliphatic rings. The van der Waals surface area contributed by atoms with Crippen molar-refractivity contribution < 1.29 is 4.42 Å². The lowest BCUT2D eigenvalue weighted by Crippen LogP contribution is -2.28. The van der Waals surface area contributed by atoms with Crippen LogP contribution in [0.2, 0.25) is 0 Å². The molecule has 2 aliphatic carbocycles. The maximum Gasteiger partial charge on any atom is 0.137 e. The Kier molecular flexibility index (Phi) is 6.93. The summed E-state index contributed by atoms with van der Waals surface area (Å²) < 4.78 is 6.54. The van der Waals surface area contributed by atoms with E-state index in [0.29, 0.717) is 0 Å². The fourth-order valence-corrected chi connectivity index (χ4v) is 10.4. The molecule has 2 nitrogen and oxygen atoms in total. The summed E-state index contributed by atoms with van der Waals surface area (Å²) in [5.41, 5.74) is 17.3. The summed E-state index contributed by atoms with van der Waals surface area (Å²) >= 11 is 0. The van der Waals surface area contributed by atoms with Gasteiger partial charge in [-0.15, -0.1) is 0 Å². The van der Waals surface area contributed by atoms with E-state index in [1.165, 1.54) is 66.4 Å². The summed E-state index contributed by atoms with van der Waals surface area (Å²) in [6.07, 6.45) is 0. The van der Waals surface area contributed by atoms with Crippen molar-refractivity contribution in [2.45, 2.75) is 24.7 Å². The first-order valence-corrected chi connectivity index (χ1v) is 20.3. The van der Waals surface area contributed by atoms with Crippen LogP contribution in [0.3, 0.4) is 0 Å². The molecule has 0 saturated carbocycles. The fraction of sp³-hybridized carbons (Fsp3) is 0.0714. The van der Waals surface area contributed by atoms with E-state index in [1.807, 2.05) is 6.07 Å². The lowest BCUT2D eigenvalue weighted by molar-refractivity contribution is 0.661. The zero-order valence-corrected chi connectivity index (χ0v) is 32.4. The van der Waals surface area contributed by atoms with Crippen molar-refractivity contribution in [1.29, 1.82) is 0 Å². The molecular formula is C56H39NO. The van der Waals surface area contributed by atoms with Gasteiger partial charge in [0, 0.05) is 39.3 Å². The van der Waals surface area contributed by atoms with Crippen LogP contribution in [0.1, 0.15) is 47.2 Å². The predicted molar refractivity (Wildman–Crippen MR) is 241 cm³/mol. The Morgan fingerprint density at radius 1 is 0.362 bits per heavy atom. The van der Waals surface area contributed by atoms with Gasteiger partial charge in [-0.2, -0.15) is 0 Å². The van der Waals surface area contributed by atoms with Crippen LogP contribution in [0.15, 0.2) is 205 Å². The van der Waals surface area contributed by atoms with Gasteiger partial charge in [0.1, 0.15) is 11.2 Å². The second-order valence-corrected chi connectivity index (χ2v) is 16.5. The van der Waals surface area contributed by atoms with E-state index in [1.54, 1.807) is 0 Å². The molecule has 0 atom stereocenters. The minimum Gasteiger partial charge on any atom is -0.456 e. The van der Waals surface area contributed by atoms with Crippen LogP contribution in [0.5, 0.6) is 0 Å². The van der Waals surface area contributed by atoms with Crippen molar-refractivity contribution in [3.63, 3.8) is 0 Å². The summed E-state index contributed by atoms with van der Waals surface area (Å²) in [7, 11) is 0. The number of anilines is 3. The van der Waals surface area contributed by atoms with Gasteiger partial charge < -0.3 is 9.32 Å². The highest BCUT2D eigenvalue weighted by Crippen LogP contribution is 2.58. The second kappa shape index (κ2) is 12.2. The fourth-order valence-electron chi connectivity index (χ4n) is 10.4. The Morgan fingerprint density at radius 3 is 1.72 bits per heavy atom. The van der Waals surface area contributed by atoms with Gasteiger partial charge in [0.15, 0.2) is 0 Å². The molecule has 0 fully saturated rings. The van der Waals surface area contributed by atoms with E-state index in [9.17, 15) is 0 Å². The number of para-hydroxylation sites is 1. The van der Waals surface area contributed by atoms with Gasteiger partial charge >= 0.3 is 0 Å². The Morgan fingerprint density at radius 2 is 0.931 bits per heavy atom. The smallest absolute Gasteiger partial charge is 0.137 e. The number of hydrogen-bond acceptors (Lipinski definition) is 2. The zero-order valence-electron chi connectivity index (χ0n) is 32.4. The predicted octanol–water partition coefficient (Wildman–Crippen LogP) is 14.9. The maximum absolute atomic E-state index is 6.54. The van der Waals surface area contributed by atoms with E-state index < -0.39 is 5.41 Å². The summed E-state index contributed by atoms with van der Waals surface area (Å²) in [6, 6.07) is 73.9. The molecule has 9 aromatic carbocycles. The van der Waals surface area contributed by atoms with Crippen molar-refractivity contribution in [1.82, 2.24) is 0 Å². The molecule has 0 aliphatic heterocycles. The first kappa shape index (κ1) is 33.0. The molecule has 0 N–H and O–H groups in total. The molecular weight excluding hydrogens is 703 g/mol. The molecule has 0 radical (unpaired) electrons. The number of hydrogen-bond donors (Lipinski definition) is 0. The highest BCUT2D eigenvalue weighted by atomic mass is 16.3. The van der Waals surface area contributed by atoms with Gasteiger partial charge in [-0.25, -0.2) is 0 Å². The van der Waals surface area contributed by atoms with E-state index in [4.69, 9.17) is 4.42 Å². The molecule has 2 heteroatoms. The van der Waals surface area contributed by atoms with Crippen LogP contribution in [-0.2, 0) is 10.8 Å². The Balaban J connectivity index is 1.13. The van der Waals surface area contributed by atoms with E-state index in [2.05, 4.69) is 213 Å². The molecule has 10 aromatic rings. The van der Waals surface area contributed by atoms with Gasteiger partial charge in [-0.1, -0.05) is 153 Å². The molecule has 0 amide bonds. The number of rotatable bonds is 5. The zero-order chi connectivity index (χ0) is 38.6. The quantitative estimate of drug-likeness (QED) is 0.175. The SMILES string of the molecule is CC1(C)c2ccc(N(c3ccc4c(c3)C(c3ccccc3)(c3ccccc3)c3ccccc3-4)c3ccc4c(c3)oc3ccccc34)cc2-c2cc3ccccc3cc21. The largest absolute Gasteiger partial charge is 0.456 e. The molecule has 58 heavy (non-hydrogen) atoms. The van der Waals surface area contributed by atoms with Gasteiger partial charge in [-0.3, -0.25) is 0 Å². The lowest BCUT2D eigenvalue weighted by Gasteiger charge is -2.35. The first-order chi connectivity index (χ1) is 28.5. The second-order valence-electron chi connectivity index (χ2n) is 16.5. The number of furan rings is 1. The van der Waals surface area contributed by atoms with Crippen LogP contribution < -0.4 is 4.90 Å². The van der Waals surface area contributed by atoms with Gasteiger partial charge in [-0.05, 0) is 121 Å². The third-order valence-electron chi connectivity index (χ3n) is 13.1. The highest BCUT2D eigenvalue weighted by molar-refractivity contribution is 6.06. The summed E-state index contributed by atoms with van der Waals surface area (Å²) in [4.78, 5) is 2.43. The first-order valence-electron chi connectivity index (χ1n) is 20.3.